The molecule has 0 aliphatic heterocycles. The molecule has 0 aromatic rings. The minimum atomic E-state index is -1.17. The monoisotopic (exact) mass is 360 g/mol. The Morgan fingerprint density at radius 3 is 2.04 bits per heavy atom. The molecule has 5 nitrogen and oxygen atoms in total. The molecule has 0 radical (unpaired) electrons. The van der Waals surface area contributed by atoms with E-state index in [0.29, 0.717) is 44.2 Å². The highest BCUT2D eigenvalue weighted by Gasteiger charge is 2.29. The fourth-order valence-corrected chi connectivity index (χ4v) is 4.43. The number of ether oxygens (including phenoxy) is 1. The molecule has 0 N–H and O–H groups in total. The maximum atomic E-state index is 8.76. The Balaban J connectivity index is 4.91. The first-order chi connectivity index (χ1) is 11.1. The Hall–Kier alpha value is -0.240. The second-order valence-corrected chi connectivity index (χ2v) is 9.38. The lowest BCUT2D eigenvalue weighted by Crippen LogP contribution is -2.34. The molecule has 6 heteroatoms. The molecule has 2 unspecified atom stereocenters. The highest BCUT2D eigenvalue weighted by molar-refractivity contribution is 7.44. The van der Waals surface area contributed by atoms with Crippen molar-refractivity contribution in [1.29, 1.82) is 5.26 Å². The Labute approximate surface area is 150 Å². The van der Waals surface area contributed by atoms with Crippen LogP contribution < -0.4 is 0 Å². The third kappa shape index (κ3) is 10.6. The van der Waals surface area contributed by atoms with Crippen LogP contribution in [0.25, 0.3) is 0 Å². The summed E-state index contributed by atoms with van der Waals surface area (Å²) in [5, 5.41) is 8.76. The molecule has 0 saturated heterocycles. The summed E-state index contributed by atoms with van der Waals surface area (Å²) in [7, 11) is 0.560. The van der Waals surface area contributed by atoms with Crippen molar-refractivity contribution < 1.29 is 13.8 Å². The van der Waals surface area contributed by atoms with E-state index < -0.39 is 8.53 Å². The maximum absolute atomic E-state index is 8.76. The molecule has 142 valence electrons. The molecule has 0 aromatic heterocycles. The topological polar surface area (TPSA) is 54.7 Å². The van der Waals surface area contributed by atoms with Crippen LogP contribution in [0, 0.1) is 22.7 Å². The van der Waals surface area contributed by atoms with Crippen molar-refractivity contribution in [3.8, 4) is 6.07 Å². The highest BCUT2D eigenvalue weighted by Crippen LogP contribution is 2.46. The van der Waals surface area contributed by atoms with E-state index in [-0.39, 0.29) is 5.41 Å². The zero-order valence-corrected chi connectivity index (χ0v) is 17.7. The smallest absolute Gasteiger partial charge is 0.259 e. The lowest BCUT2D eigenvalue weighted by Gasteiger charge is -2.36. The average Bonchev–Trinajstić information content (AvgIpc) is 2.42. The Morgan fingerprint density at radius 1 is 1.04 bits per heavy atom. The molecule has 0 spiro atoms. The SMILES string of the molecule is COCC(COP(OCCC#N)N(C(C)C)C(C)C)CC(C)(C)C. The van der Waals surface area contributed by atoms with Gasteiger partial charge < -0.3 is 13.8 Å². The number of nitrogens with zero attached hydrogens (tertiary/aromatic N) is 2. The number of hydrogen-bond donors (Lipinski definition) is 0. The summed E-state index contributed by atoms with van der Waals surface area (Å²) in [5.74, 6) is 0.334. The van der Waals surface area contributed by atoms with E-state index in [0.717, 1.165) is 6.42 Å². The first-order valence-corrected chi connectivity index (χ1v) is 9.95. The van der Waals surface area contributed by atoms with Crippen LogP contribution in [0.2, 0.25) is 0 Å². The second kappa shape index (κ2) is 12.2. The molecule has 0 aliphatic rings. The molecule has 0 saturated carbocycles. The van der Waals surface area contributed by atoms with Gasteiger partial charge in [0.1, 0.15) is 0 Å². The largest absolute Gasteiger partial charge is 0.384 e. The normalized spacial score (nSPS) is 15.1. The summed E-state index contributed by atoms with van der Waals surface area (Å²) in [4.78, 5) is 0. The van der Waals surface area contributed by atoms with Gasteiger partial charge in [-0.3, -0.25) is 0 Å². The Bertz CT molecular complexity index is 356. The van der Waals surface area contributed by atoms with Crippen molar-refractivity contribution in [2.75, 3.05) is 26.9 Å². The van der Waals surface area contributed by atoms with E-state index in [1.165, 1.54) is 0 Å². The summed E-state index contributed by atoms with van der Waals surface area (Å²) < 4.78 is 19.8. The molecule has 0 fully saturated rings. The molecule has 0 aromatic carbocycles. The minimum absolute atomic E-state index is 0.229. The van der Waals surface area contributed by atoms with Gasteiger partial charge in [0.05, 0.1) is 32.3 Å². The van der Waals surface area contributed by atoms with Crippen LogP contribution in [-0.2, 0) is 13.8 Å². The van der Waals surface area contributed by atoms with Crippen molar-refractivity contribution in [3.63, 3.8) is 0 Å². The van der Waals surface area contributed by atoms with Crippen molar-refractivity contribution >= 4 is 8.53 Å². The number of nitriles is 1. The van der Waals surface area contributed by atoms with Crippen LogP contribution >= 0.6 is 8.53 Å². The lowest BCUT2D eigenvalue weighted by molar-refractivity contribution is 0.0811. The fourth-order valence-electron chi connectivity index (χ4n) is 2.75. The minimum Gasteiger partial charge on any atom is -0.384 e. The Kier molecular flexibility index (Phi) is 12.0. The van der Waals surface area contributed by atoms with Crippen LogP contribution in [0.5, 0.6) is 0 Å². The third-order valence-corrected chi connectivity index (χ3v) is 5.46. The molecule has 0 rings (SSSR count). The van der Waals surface area contributed by atoms with Crippen molar-refractivity contribution in [2.24, 2.45) is 11.3 Å². The van der Waals surface area contributed by atoms with Crippen molar-refractivity contribution in [3.05, 3.63) is 0 Å². The van der Waals surface area contributed by atoms with Gasteiger partial charge in [0.2, 0.25) is 0 Å². The summed E-state index contributed by atoms with van der Waals surface area (Å²) in [6.07, 6.45) is 1.42. The van der Waals surface area contributed by atoms with Crippen LogP contribution in [0.4, 0.5) is 0 Å². The summed E-state index contributed by atoms with van der Waals surface area (Å²) >= 11 is 0. The summed E-state index contributed by atoms with van der Waals surface area (Å²) in [6.45, 7) is 17.0. The molecular formula is C18H37N2O3P. The van der Waals surface area contributed by atoms with Crippen molar-refractivity contribution in [1.82, 2.24) is 4.67 Å². The van der Waals surface area contributed by atoms with Gasteiger partial charge in [-0.15, -0.1) is 0 Å². The number of rotatable bonds is 12. The molecule has 0 heterocycles. The first kappa shape index (κ1) is 23.8. The Morgan fingerprint density at radius 2 is 1.62 bits per heavy atom. The van der Waals surface area contributed by atoms with Crippen molar-refractivity contribution in [2.45, 2.75) is 73.4 Å². The van der Waals surface area contributed by atoms with E-state index in [4.69, 9.17) is 19.0 Å². The summed E-state index contributed by atoms with van der Waals surface area (Å²) in [6, 6.07) is 2.77. The average molecular weight is 360 g/mol. The molecule has 2 atom stereocenters. The quantitative estimate of drug-likeness (QED) is 0.363. The van der Waals surface area contributed by atoms with Gasteiger partial charge in [-0.25, -0.2) is 4.67 Å². The van der Waals surface area contributed by atoms with E-state index in [1.807, 2.05) is 0 Å². The first-order valence-electron chi connectivity index (χ1n) is 8.82. The summed E-state index contributed by atoms with van der Waals surface area (Å²) in [5.41, 5.74) is 0.229. The van der Waals surface area contributed by atoms with Gasteiger partial charge in [-0.05, 0) is 39.5 Å². The van der Waals surface area contributed by atoms with Crippen LogP contribution in [-0.4, -0.2) is 43.7 Å². The van der Waals surface area contributed by atoms with E-state index in [1.54, 1.807) is 7.11 Å². The fraction of sp³-hybridized carbons (Fsp3) is 0.944. The van der Waals surface area contributed by atoms with Gasteiger partial charge in [-0.2, -0.15) is 5.26 Å². The molecule has 0 amide bonds. The van der Waals surface area contributed by atoms with Gasteiger partial charge in [-0.1, -0.05) is 20.8 Å². The van der Waals surface area contributed by atoms with E-state index in [2.05, 4.69) is 59.2 Å². The predicted octanol–water partition coefficient (Wildman–Crippen LogP) is 4.98. The molecule has 0 aliphatic carbocycles. The highest BCUT2D eigenvalue weighted by atomic mass is 31.2. The van der Waals surface area contributed by atoms with Crippen LogP contribution in [0.3, 0.4) is 0 Å². The van der Waals surface area contributed by atoms with Gasteiger partial charge in [0.15, 0.2) is 0 Å². The predicted molar refractivity (Wildman–Crippen MR) is 101 cm³/mol. The van der Waals surface area contributed by atoms with Gasteiger partial charge >= 0.3 is 0 Å². The number of hydrogen-bond acceptors (Lipinski definition) is 5. The lowest BCUT2D eigenvalue weighted by atomic mass is 9.85. The molecule has 0 bridgehead atoms. The third-order valence-electron chi connectivity index (χ3n) is 3.39. The number of methoxy groups -OCH3 is 1. The van der Waals surface area contributed by atoms with E-state index in [9.17, 15) is 0 Å². The second-order valence-electron chi connectivity index (χ2n) is 7.93. The van der Waals surface area contributed by atoms with Gasteiger partial charge in [0.25, 0.3) is 8.53 Å². The molecular weight excluding hydrogens is 323 g/mol. The molecule has 24 heavy (non-hydrogen) atoms. The zero-order valence-electron chi connectivity index (χ0n) is 16.8. The van der Waals surface area contributed by atoms with Crippen LogP contribution in [0.15, 0.2) is 0 Å². The van der Waals surface area contributed by atoms with Crippen LogP contribution in [0.1, 0.15) is 61.3 Å². The van der Waals surface area contributed by atoms with E-state index >= 15 is 0 Å². The zero-order chi connectivity index (χ0) is 18.8. The standard InChI is InChI=1S/C18H37N2O3P/c1-15(2)20(16(3)4)24(22-11-9-10-19)23-14-17(13-21-8)12-18(5,6)7/h15-17H,9,11-14H2,1-8H3. The van der Waals surface area contributed by atoms with Gasteiger partial charge in [0, 0.05) is 25.1 Å². The maximum Gasteiger partial charge on any atom is 0.259 e.